The van der Waals surface area contributed by atoms with Crippen molar-refractivity contribution in [3.05, 3.63) is 23.8 Å². The monoisotopic (exact) mass is 278 g/mol. The van der Waals surface area contributed by atoms with Gasteiger partial charge in [-0.2, -0.15) is 0 Å². The molecule has 0 aliphatic carbocycles. The number of aromatic nitrogens is 2. The predicted octanol–water partition coefficient (Wildman–Crippen LogP) is 1.48. The van der Waals surface area contributed by atoms with Gasteiger partial charge in [-0.3, -0.25) is 4.21 Å². The van der Waals surface area contributed by atoms with Crippen LogP contribution >= 0.6 is 0 Å². The molecular weight excluding hydrogens is 264 g/mol. The zero-order chi connectivity index (χ0) is 13.0. The first kappa shape index (κ1) is 11.5. The lowest BCUT2D eigenvalue weighted by Gasteiger charge is -2.36. The van der Waals surface area contributed by atoms with E-state index in [0.29, 0.717) is 23.9 Å². The Hall–Kier alpha value is -1.27. The third kappa shape index (κ3) is 1.66. The van der Waals surface area contributed by atoms with Gasteiger partial charge < -0.3 is 5.11 Å². The van der Waals surface area contributed by atoms with E-state index < -0.39 is 16.4 Å². The van der Waals surface area contributed by atoms with Gasteiger partial charge in [0, 0.05) is 21.3 Å². The van der Waals surface area contributed by atoms with Crippen LogP contribution in [0, 0.1) is 0 Å². The molecule has 2 bridgehead atoms. The van der Waals surface area contributed by atoms with Crippen molar-refractivity contribution in [2.24, 2.45) is 0 Å². The molecule has 19 heavy (non-hydrogen) atoms. The molecule has 100 valence electrons. The molecule has 2 aliphatic rings. The van der Waals surface area contributed by atoms with E-state index in [-0.39, 0.29) is 10.5 Å². The fourth-order valence-corrected chi connectivity index (χ4v) is 5.55. The second-order valence-corrected chi connectivity index (χ2v) is 7.55. The van der Waals surface area contributed by atoms with Crippen LogP contribution in [0.1, 0.15) is 31.2 Å². The van der Waals surface area contributed by atoms with Crippen molar-refractivity contribution in [3.63, 3.8) is 0 Å². The highest BCUT2D eigenvalue weighted by atomic mass is 32.2. The molecule has 5 nitrogen and oxygen atoms in total. The molecule has 3 heterocycles. The van der Waals surface area contributed by atoms with E-state index in [1.165, 1.54) is 0 Å². The minimum atomic E-state index is -0.882. The zero-order valence-corrected chi connectivity index (χ0v) is 11.1. The van der Waals surface area contributed by atoms with Crippen LogP contribution in [0.2, 0.25) is 0 Å². The summed E-state index contributed by atoms with van der Waals surface area (Å²) in [6.07, 6.45) is 3.08. The zero-order valence-electron chi connectivity index (χ0n) is 10.3. The van der Waals surface area contributed by atoms with Crippen LogP contribution < -0.4 is 0 Å². The summed E-state index contributed by atoms with van der Waals surface area (Å²) < 4.78 is 16.7. The molecule has 0 radical (unpaired) electrons. The molecule has 4 rings (SSSR count). The molecular formula is C13H14N2O3S. The van der Waals surface area contributed by atoms with Crippen molar-refractivity contribution in [3.8, 4) is 0 Å². The number of hydrogen-bond donors (Lipinski definition) is 1. The van der Waals surface area contributed by atoms with Crippen LogP contribution in [0.3, 0.4) is 0 Å². The highest BCUT2D eigenvalue weighted by Crippen LogP contribution is 2.46. The van der Waals surface area contributed by atoms with Crippen molar-refractivity contribution in [2.75, 3.05) is 0 Å². The smallest absolute Gasteiger partial charge is 0.135 e. The lowest BCUT2D eigenvalue weighted by molar-refractivity contribution is 0.0186. The molecule has 2 unspecified atom stereocenters. The summed E-state index contributed by atoms with van der Waals surface area (Å²) in [5.41, 5.74) is 1.30. The maximum atomic E-state index is 12.0. The molecule has 2 fully saturated rings. The first-order chi connectivity index (χ1) is 9.16. The summed E-state index contributed by atoms with van der Waals surface area (Å²) >= 11 is 0. The third-order valence-corrected chi connectivity index (χ3v) is 6.51. The van der Waals surface area contributed by atoms with Gasteiger partial charge in [-0.15, -0.1) is 0 Å². The van der Waals surface area contributed by atoms with Gasteiger partial charge in [-0.05, 0) is 53.7 Å². The molecule has 6 heteroatoms. The highest BCUT2D eigenvalue weighted by Gasteiger charge is 2.48. The van der Waals surface area contributed by atoms with Crippen molar-refractivity contribution >= 4 is 21.8 Å². The van der Waals surface area contributed by atoms with Crippen molar-refractivity contribution in [1.82, 2.24) is 10.3 Å². The summed E-state index contributed by atoms with van der Waals surface area (Å²) in [6, 6.07) is 5.52. The largest absolute Gasteiger partial charge is 0.385 e. The minimum Gasteiger partial charge on any atom is -0.385 e. The Balaban J connectivity index is 1.76. The Morgan fingerprint density at radius 1 is 1.21 bits per heavy atom. The second kappa shape index (κ2) is 3.86. The average Bonchev–Trinajstić information content (AvgIpc) is 2.94. The fraction of sp³-hybridized carbons (Fsp3) is 0.538. The average molecular weight is 278 g/mol. The number of aliphatic hydroxyl groups is 1. The van der Waals surface area contributed by atoms with E-state index in [1.807, 2.05) is 18.2 Å². The van der Waals surface area contributed by atoms with E-state index in [4.69, 9.17) is 0 Å². The Kier molecular flexibility index (Phi) is 2.35. The van der Waals surface area contributed by atoms with Crippen LogP contribution in [-0.4, -0.2) is 30.1 Å². The van der Waals surface area contributed by atoms with Gasteiger partial charge in [-0.25, -0.2) is 4.63 Å². The number of fused-ring (bicyclic) bond motifs is 3. The van der Waals surface area contributed by atoms with Gasteiger partial charge in [0.05, 0.1) is 5.60 Å². The van der Waals surface area contributed by atoms with Gasteiger partial charge in [0.25, 0.3) is 0 Å². The summed E-state index contributed by atoms with van der Waals surface area (Å²) in [7, 11) is -0.765. The van der Waals surface area contributed by atoms with Crippen LogP contribution in [-0.2, 0) is 16.4 Å². The second-order valence-electron chi connectivity index (χ2n) is 5.56. The molecule has 0 amide bonds. The SMILES string of the molecule is O=S1C2CCC1CC(O)(c1ccc3nonc3c1)C2. The highest BCUT2D eigenvalue weighted by molar-refractivity contribution is 7.86. The lowest BCUT2D eigenvalue weighted by atomic mass is 9.86. The van der Waals surface area contributed by atoms with Gasteiger partial charge in [-0.1, -0.05) is 6.07 Å². The normalized spacial score (nSPS) is 37.8. The number of nitrogens with zero attached hydrogens (tertiary/aromatic N) is 2. The Morgan fingerprint density at radius 2 is 1.89 bits per heavy atom. The topological polar surface area (TPSA) is 76.2 Å². The summed E-state index contributed by atoms with van der Waals surface area (Å²) in [5, 5.41) is 18.8. The number of hydrogen-bond acceptors (Lipinski definition) is 5. The van der Waals surface area contributed by atoms with Gasteiger partial charge in [0.1, 0.15) is 11.0 Å². The molecule has 2 atom stereocenters. The van der Waals surface area contributed by atoms with E-state index in [9.17, 15) is 9.32 Å². The van der Waals surface area contributed by atoms with Crippen LogP contribution in [0.5, 0.6) is 0 Å². The lowest BCUT2D eigenvalue weighted by Crippen LogP contribution is -2.40. The van der Waals surface area contributed by atoms with Gasteiger partial charge in [0.15, 0.2) is 0 Å². The van der Waals surface area contributed by atoms with E-state index >= 15 is 0 Å². The molecule has 0 spiro atoms. The Morgan fingerprint density at radius 3 is 2.63 bits per heavy atom. The molecule has 1 aromatic heterocycles. The Bertz CT molecular complexity index is 653. The summed E-state index contributed by atoms with van der Waals surface area (Å²) in [6.45, 7) is 0. The Labute approximate surface area is 112 Å². The van der Waals surface area contributed by atoms with Crippen molar-refractivity contribution < 1.29 is 13.9 Å². The standard InChI is InChI=1S/C13H14N2O3S/c16-13(6-9-2-3-10(7-13)19(9)17)8-1-4-11-12(5-8)15-18-14-11/h1,4-5,9-10,16H,2-3,6-7H2. The predicted molar refractivity (Wildman–Crippen MR) is 69.9 cm³/mol. The molecule has 0 saturated carbocycles. The molecule has 2 saturated heterocycles. The molecule has 1 N–H and O–H groups in total. The van der Waals surface area contributed by atoms with Gasteiger partial charge >= 0.3 is 0 Å². The van der Waals surface area contributed by atoms with Crippen LogP contribution in [0.15, 0.2) is 22.8 Å². The molecule has 1 aromatic carbocycles. The fourth-order valence-electron chi connectivity index (χ4n) is 3.39. The van der Waals surface area contributed by atoms with E-state index in [0.717, 1.165) is 18.4 Å². The number of benzene rings is 1. The molecule has 2 aromatic rings. The first-order valence-electron chi connectivity index (χ1n) is 6.50. The quantitative estimate of drug-likeness (QED) is 0.855. The van der Waals surface area contributed by atoms with Crippen LogP contribution in [0.4, 0.5) is 0 Å². The van der Waals surface area contributed by atoms with E-state index in [1.54, 1.807) is 0 Å². The maximum absolute atomic E-state index is 12.0. The first-order valence-corrected chi connectivity index (χ1v) is 7.78. The van der Waals surface area contributed by atoms with Crippen LogP contribution in [0.25, 0.3) is 11.0 Å². The maximum Gasteiger partial charge on any atom is 0.135 e. The molecule has 2 aliphatic heterocycles. The van der Waals surface area contributed by atoms with Crippen molar-refractivity contribution in [1.29, 1.82) is 0 Å². The minimum absolute atomic E-state index is 0.134. The van der Waals surface area contributed by atoms with E-state index in [2.05, 4.69) is 14.9 Å². The third-order valence-electron chi connectivity index (χ3n) is 4.39. The summed E-state index contributed by atoms with van der Waals surface area (Å²) in [5.74, 6) is 0. The van der Waals surface area contributed by atoms with Gasteiger partial charge in [0.2, 0.25) is 0 Å². The number of rotatable bonds is 1. The summed E-state index contributed by atoms with van der Waals surface area (Å²) in [4.78, 5) is 0. The van der Waals surface area contributed by atoms with Crippen molar-refractivity contribution in [2.45, 2.75) is 41.8 Å².